The van der Waals surface area contributed by atoms with Crippen LogP contribution in [0.3, 0.4) is 0 Å². The fraction of sp³-hybridized carbons (Fsp3) is 1.00. The molecule has 4 heteroatoms. The predicted octanol–water partition coefficient (Wildman–Crippen LogP) is 2.05. The normalized spacial score (nSPS) is 28.5. The van der Waals surface area contributed by atoms with E-state index >= 15 is 0 Å². The van der Waals surface area contributed by atoms with Gasteiger partial charge in [0.2, 0.25) is 0 Å². The van der Waals surface area contributed by atoms with Crippen molar-refractivity contribution in [1.82, 2.24) is 4.90 Å². The van der Waals surface area contributed by atoms with Crippen LogP contribution in [-0.4, -0.2) is 30.6 Å². The van der Waals surface area contributed by atoms with Gasteiger partial charge in [0.15, 0.2) is 0 Å². The van der Waals surface area contributed by atoms with Crippen molar-refractivity contribution in [3.8, 4) is 0 Å². The molecule has 2 fully saturated rings. The van der Waals surface area contributed by atoms with Gasteiger partial charge in [-0.3, -0.25) is 0 Å². The van der Waals surface area contributed by atoms with Crippen molar-refractivity contribution in [2.24, 2.45) is 11.7 Å². The fourth-order valence-corrected chi connectivity index (χ4v) is 2.66. The topological polar surface area (TPSA) is 29.3 Å². The maximum absolute atomic E-state index is 5.67. The van der Waals surface area contributed by atoms with E-state index in [9.17, 15) is 0 Å². The summed E-state index contributed by atoms with van der Waals surface area (Å²) in [4.78, 5) is 2.67. The highest BCUT2D eigenvalue weighted by molar-refractivity contribution is 5.85. The van der Waals surface area contributed by atoms with Gasteiger partial charge in [-0.25, -0.2) is 0 Å². The van der Waals surface area contributed by atoms with Crippen LogP contribution in [0.5, 0.6) is 0 Å². The SMILES string of the molecule is Cl.Cl.NCC1CCN(C2CCCC2)C1. The summed E-state index contributed by atoms with van der Waals surface area (Å²) in [5.41, 5.74) is 5.67. The van der Waals surface area contributed by atoms with E-state index in [1.807, 2.05) is 0 Å². The van der Waals surface area contributed by atoms with E-state index in [0.717, 1.165) is 18.5 Å². The molecule has 0 bridgehead atoms. The average molecular weight is 241 g/mol. The van der Waals surface area contributed by atoms with Crippen LogP contribution in [0, 0.1) is 5.92 Å². The van der Waals surface area contributed by atoms with E-state index in [4.69, 9.17) is 5.73 Å². The molecule has 0 amide bonds. The van der Waals surface area contributed by atoms with Crippen LogP contribution in [0.2, 0.25) is 0 Å². The molecule has 0 aromatic carbocycles. The Labute approximate surface area is 99.4 Å². The lowest BCUT2D eigenvalue weighted by Crippen LogP contribution is -2.31. The maximum Gasteiger partial charge on any atom is 0.00953 e. The second kappa shape index (κ2) is 6.89. The predicted molar refractivity (Wildman–Crippen MR) is 65.5 cm³/mol. The first-order valence-electron chi connectivity index (χ1n) is 5.34. The molecular formula is C10H22Cl2N2. The summed E-state index contributed by atoms with van der Waals surface area (Å²) in [5, 5.41) is 0. The van der Waals surface area contributed by atoms with E-state index in [2.05, 4.69) is 4.90 Å². The molecule has 1 saturated carbocycles. The minimum Gasteiger partial charge on any atom is -0.330 e. The first kappa shape index (κ1) is 14.5. The van der Waals surface area contributed by atoms with Crippen molar-refractivity contribution < 1.29 is 0 Å². The van der Waals surface area contributed by atoms with Crippen molar-refractivity contribution in [2.75, 3.05) is 19.6 Å². The third kappa shape index (κ3) is 3.27. The lowest BCUT2D eigenvalue weighted by atomic mass is 10.1. The molecule has 1 aliphatic carbocycles. The van der Waals surface area contributed by atoms with Crippen LogP contribution in [0.1, 0.15) is 32.1 Å². The molecule has 2 rings (SSSR count). The van der Waals surface area contributed by atoms with Crippen LogP contribution < -0.4 is 5.73 Å². The van der Waals surface area contributed by atoms with E-state index in [1.165, 1.54) is 45.2 Å². The van der Waals surface area contributed by atoms with Gasteiger partial charge >= 0.3 is 0 Å². The van der Waals surface area contributed by atoms with Crippen LogP contribution in [0.25, 0.3) is 0 Å². The molecule has 0 spiro atoms. The second-order valence-corrected chi connectivity index (χ2v) is 4.32. The Morgan fingerprint density at radius 1 is 1.07 bits per heavy atom. The molecule has 2 aliphatic rings. The fourth-order valence-electron chi connectivity index (χ4n) is 2.66. The van der Waals surface area contributed by atoms with Crippen LogP contribution >= 0.6 is 24.8 Å². The summed E-state index contributed by atoms with van der Waals surface area (Å²) < 4.78 is 0. The van der Waals surface area contributed by atoms with Gasteiger partial charge in [0.25, 0.3) is 0 Å². The molecule has 2 nitrogen and oxygen atoms in total. The van der Waals surface area contributed by atoms with Gasteiger partial charge in [0.05, 0.1) is 0 Å². The number of halogens is 2. The van der Waals surface area contributed by atoms with E-state index in [1.54, 1.807) is 0 Å². The standard InChI is InChI=1S/C10H20N2.2ClH/c11-7-9-5-6-12(8-9)10-3-1-2-4-10;;/h9-10H,1-8,11H2;2*1H. The van der Waals surface area contributed by atoms with Crippen molar-refractivity contribution in [1.29, 1.82) is 0 Å². The van der Waals surface area contributed by atoms with Crippen LogP contribution in [-0.2, 0) is 0 Å². The smallest absolute Gasteiger partial charge is 0.00953 e. The summed E-state index contributed by atoms with van der Waals surface area (Å²) in [6, 6.07) is 0.918. The highest BCUT2D eigenvalue weighted by Crippen LogP contribution is 2.27. The number of hydrogen-bond acceptors (Lipinski definition) is 2. The summed E-state index contributed by atoms with van der Waals surface area (Å²) in [6.07, 6.45) is 7.13. The van der Waals surface area contributed by atoms with Gasteiger partial charge in [-0.15, -0.1) is 24.8 Å². The molecule has 0 aromatic heterocycles. The van der Waals surface area contributed by atoms with Crippen molar-refractivity contribution >= 4 is 24.8 Å². The highest BCUT2D eigenvalue weighted by Gasteiger charge is 2.28. The Morgan fingerprint density at radius 3 is 2.21 bits per heavy atom. The maximum atomic E-state index is 5.67. The quantitative estimate of drug-likeness (QED) is 0.801. The lowest BCUT2D eigenvalue weighted by Gasteiger charge is -2.23. The zero-order valence-corrected chi connectivity index (χ0v) is 10.3. The van der Waals surface area contributed by atoms with Crippen LogP contribution in [0.4, 0.5) is 0 Å². The summed E-state index contributed by atoms with van der Waals surface area (Å²) >= 11 is 0. The van der Waals surface area contributed by atoms with Gasteiger partial charge in [-0.2, -0.15) is 0 Å². The molecule has 1 heterocycles. The number of rotatable bonds is 2. The Morgan fingerprint density at radius 2 is 1.71 bits per heavy atom. The third-order valence-corrected chi connectivity index (χ3v) is 3.49. The minimum atomic E-state index is 0. The Kier molecular flexibility index (Phi) is 7.13. The van der Waals surface area contributed by atoms with Crippen molar-refractivity contribution in [3.63, 3.8) is 0 Å². The van der Waals surface area contributed by atoms with Gasteiger partial charge in [-0.1, -0.05) is 12.8 Å². The number of hydrogen-bond donors (Lipinski definition) is 1. The summed E-state index contributed by atoms with van der Waals surface area (Å²) in [6.45, 7) is 3.48. The molecule has 0 radical (unpaired) electrons. The summed E-state index contributed by atoms with van der Waals surface area (Å²) in [5.74, 6) is 0.797. The number of nitrogens with zero attached hydrogens (tertiary/aromatic N) is 1. The minimum absolute atomic E-state index is 0. The average Bonchev–Trinajstić information content (AvgIpc) is 2.75. The molecular weight excluding hydrogens is 219 g/mol. The van der Waals surface area contributed by atoms with Gasteiger partial charge < -0.3 is 10.6 Å². The van der Waals surface area contributed by atoms with Crippen molar-refractivity contribution in [3.05, 3.63) is 0 Å². The van der Waals surface area contributed by atoms with E-state index in [0.29, 0.717) is 0 Å². The molecule has 2 N–H and O–H groups in total. The molecule has 1 saturated heterocycles. The Balaban J connectivity index is 0.000000845. The van der Waals surface area contributed by atoms with Gasteiger partial charge in [-0.05, 0) is 38.3 Å². The molecule has 1 unspecified atom stereocenters. The van der Waals surface area contributed by atoms with Gasteiger partial charge in [0.1, 0.15) is 0 Å². The number of likely N-dealkylation sites (tertiary alicyclic amines) is 1. The molecule has 0 aromatic rings. The molecule has 1 atom stereocenters. The Hall–Kier alpha value is 0.500. The third-order valence-electron chi connectivity index (χ3n) is 3.49. The zero-order valence-electron chi connectivity index (χ0n) is 8.65. The first-order chi connectivity index (χ1) is 5.90. The lowest BCUT2D eigenvalue weighted by molar-refractivity contribution is 0.238. The largest absolute Gasteiger partial charge is 0.330 e. The van der Waals surface area contributed by atoms with Crippen molar-refractivity contribution in [2.45, 2.75) is 38.1 Å². The van der Waals surface area contributed by atoms with Gasteiger partial charge in [0, 0.05) is 12.6 Å². The monoisotopic (exact) mass is 240 g/mol. The van der Waals surface area contributed by atoms with E-state index < -0.39 is 0 Å². The second-order valence-electron chi connectivity index (χ2n) is 4.32. The van der Waals surface area contributed by atoms with Crippen LogP contribution in [0.15, 0.2) is 0 Å². The molecule has 1 aliphatic heterocycles. The highest BCUT2D eigenvalue weighted by atomic mass is 35.5. The molecule has 86 valence electrons. The van der Waals surface area contributed by atoms with E-state index in [-0.39, 0.29) is 24.8 Å². The first-order valence-corrected chi connectivity index (χ1v) is 5.34. The summed E-state index contributed by atoms with van der Waals surface area (Å²) in [7, 11) is 0. The zero-order chi connectivity index (χ0) is 8.39. The number of nitrogens with two attached hydrogens (primary N) is 1. The molecule has 14 heavy (non-hydrogen) atoms. The Bertz CT molecular complexity index is 149.